The number of ether oxygens (including phenoxy) is 2. The molecular formula is C23H27FN4O3. The number of phenolic OH excluding ortho intramolecular Hbond substituents is 1. The molecule has 0 atom stereocenters. The molecule has 2 N–H and O–H groups in total. The van der Waals surface area contributed by atoms with Crippen LogP contribution < -0.4 is 14.8 Å². The van der Waals surface area contributed by atoms with E-state index in [0.29, 0.717) is 46.3 Å². The minimum atomic E-state index is -0.480. The van der Waals surface area contributed by atoms with Crippen molar-refractivity contribution in [3.05, 3.63) is 42.0 Å². The largest absolute Gasteiger partial charge is 0.508 e. The van der Waals surface area contributed by atoms with Crippen LogP contribution in [0.2, 0.25) is 0 Å². The SMILES string of the molecule is COc1cc2c(Nc3cc(O)c(C)cc3F)ncnc2cc1OCC1CCN(C)CC1. The van der Waals surface area contributed by atoms with Gasteiger partial charge in [-0.1, -0.05) is 0 Å². The topological polar surface area (TPSA) is 79.7 Å². The molecule has 1 fully saturated rings. The average molecular weight is 426 g/mol. The van der Waals surface area contributed by atoms with Gasteiger partial charge in [0.2, 0.25) is 0 Å². The first-order valence-corrected chi connectivity index (χ1v) is 10.3. The Hall–Kier alpha value is -3.13. The summed E-state index contributed by atoms with van der Waals surface area (Å²) in [5.41, 5.74) is 1.24. The van der Waals surface area contributed by atoms with Crippen molar-refractivity contribution in [3.8, 4) is 17.2 Å². The maximum absolute atomic E-state index is 14.4. The number of piperidine rings is 1. The number of nitrogens with one attached hydrogen (secondary N) is 1. The van der Waals surface area contributed by atoms with Gasteiger partial charge in [-0.25, -0.2) is 14.4 Å². The van der Waals surface area contributed by atoms with Gasteiger partial charge in [-0.05, 0) is 63.5 Å². The summed E-state index contributed by atoms with van der Waals surface area (Å²) < 4.78 is 26.0. The molecule has 0 unspecified atom stereocenters. The number of hydrogen-bond donors (Lipinski definition) is 2. The van der Waals surface area contributed by atoms with Gasteiger partial charge in [-0.15, -0.1) is 0 Å². The first kappa shape index (κ1) is 21.1. The van der Waals surface area contributed by atoms with Gasteiger partial charge in [0.15, 0.2) is 11.5 Å². The van der Waals surface area contributed by atoms with Crippen molar-refractivity contribution >= 4 is 22.4 Å². The van der Waals surface area contributed by atoms with Crippen LogP contribution in [-0.2, 0) is 0 Å². The monoisotopic (exact) mass is 426 g/mol. The van der Waals surface area contributed by atoms with Gasteiger partial charge in [0.25, 0.3) is 0 Å². The van der Waals surface area contributed by atoms with Gasteiger partial charge in [0, 0.05) is 17.5 Å². The molecule has 2 aromatic carbocycles. The van der Waals surface area contributed by atoms with Gasteiger partial charge in [-0.3, -0.25) is 0 Å². The summed E-state index contributed by atoms with van der Waals surface area (Å²) in [5, 5.41) is 13.5. The summed E-state index contributed by atoms with van der Waals surface area (Å²) >= 11 is 0. The molecule has 0 spiro atoms. The zero-order valence-corrected chi connectivity index (χ0v) is 18.0. The molecule has 0 bridgehead atoms. The molecule has 1 aliphatic rings. The van der Waals surface area contributed by atoms with E-state index in [9.17, 15) is 9.50 Å². The van der Waals surface area contributed by atoms with E-state index in [1.165, 1.54) is 18.5 Å². The molecular weight excluding hydrogens is 399 g/mol. The first-order chi connectivity index (χ1) is 14.9. The number of phenols is 1. The average Bonchev–Trinajstić information content (AvgIpc) is 2.76. The molecule has 1 aromatic heterocycles. The third-order valence-electron chi connectivity index (χ3n) is 5.77. The lowest BCUT2D eigenvalue weighted by molar-refractivity contribution is 0.157. The van der Waals surface area contributed by atoms with E-state index in [-0.39, 0.29) is 11.4 Å². The Morgan fingerprint density at radius 1 is 1.16 bits per heavy atom. The van der Waals surface area contributed by atoms with Crippen LogP contribution in [0.25, 0.3) is 10.9 Å². The summed E-state index contributed by atoms with van der Waals surface area (Å²) in [6, 6.07) is 6.22. The zero-order chi connectivity index (χ0) is 22.0. The van der Waals surface area contributed by atoms with Crippen LogP contribution >= 0.6 is 0 Å². The Balaban J connectivity index is 1.60. The molecule has 8 heteroatoms. The minimum absolute atomic E-state index is 0.00411. The number of likely N-dealkylation sites (tertiary alicyclic amines) is 1. The van der Waals surface area contributed by atoms with Crippen molar-refractivity contribution in [1.29, 1.82) is 0 Å². The number of benzene rings is 2. The maximum Gasteiger partial charge on any atom is 0.163 e. The van der Waals surface area contributed by atoms with Crippen LogP contribution in [-0.4, -0.2) is 53.8 Å². The highest BCUT2D eigenvalue weighted by molar-refractivity contribution is 5.93. The Morgan fingerprint density at radius 2 is 1.94 bits per heavy atom. The predicted molar refractivity (Wildman–Crippen MR) is 118 cm³/mol. The van der Waals surface area contributed by atoms with E-state index in [1.54, 1.807) is 20.1 Å². The fraction of sp³-hybridized carbons (Fsp3) is 0.391. The van der Waals surface area contributed by atoms with Crippen molar-refractivity contribution in [2.45, 2.75) is 19.8 Å². The number of fused-ring (bicyclic) bond motifs is 1. The standard InChI is InChI=1S/C23H27FN4O3/c1-14-8-17(24)19(10-20(14)29)27-23-16-9-21(30-3)22(11-18(16)25-13-26-23)31-12-15-4-6-28(2)7-5-15/h8-11,13,15,29H,4-7,12H2,1-3H3,(H,25,26,27). The highest BCUT2D eigenvalue weighted by atomic mass is 19.1. The van der Waals surface area contributed by atoms with E-state index in [2.05, 4.69) is 27.2 Å². The van der Waals surface area contributed by atoms with Crippen molar-refractivity contribution in [2.75, 3.05) is 39.2 Å². The zero-order valence-electron chi connectivity index (χ0n) is 18.0. The van der Waals surface area contributed by atoms with Crippen LogP contribution in [0.5, 0.6) is 17.2 Å². The number of aromatic nitrogens is 2. The summed E-state index contributed by atoms with van der Waals surface area (Å²) in [4.78, 5) is 10.9. The smallest absolute Gasteiger partial charge is 0.163 e. The number of methoxy groups -OCH3 is 1. The van der Waals surface area contributed by atoms with Gasteiger partial charge < -0.3 is 24.8 Å². The van der Waals surface area contributed by atoms with E-state index in [1.807, 2.05) is 6.07 Å². The van der Waals surface area contributed by atoms with Gasteiger partial charge in [0.05, 0.1) is 24.9 Å². The van der Waals surface area contributed by atoms with Crippen molar-refractivity contribution < 1.29 is 19.0 Å². The second-order valence-electron chi connectivity index (χ2n) is 8.04. The number of nitrogens with zero attached hydrogens (tertiary/aromatic N) is 3. The highest BCUT2D eigenvalue weighted by Crippen LogP contribution is 2.36. The van der Waals surface area contributed by atoms with Crippen molar-refractivity contribution in [2.24, 2.45) is 5.92 Å². The lowest BCUT2D eigenvalue weighted by atomic mass is 9.98. The third kappa shape index (κ3) is 4.64. The van der Waals surface area contributed by atoms with Crippen LogP contribution in [0.15, 0.2) is 30.6 Å². The van der Waals surface area contributed by atoms with Crippen molar-refractivity contribution in [1.82, 2.24) is 14.9 Å². The number of aryl methyl sites for hydroxylation is 1. The maximum atomic E-state index is 14.4. The lowest BCUT2D eigenvalue weighted by Crippen LogP contribution is -2.32. The van der Waals surface area contributed by atoms with Gasteiger partial charge in [0.1, 0.15) is 23.7 Å². The number of rotatable bonds is 6. The Morgan fingerprint density at radius 3 is 2.68 bits per heavy atom. The fourth-order valence-electron chi connectivity index (χ4n) is 3.76. The van der Waals surface area contributed by atoms with Crippen LogP contribution in [0.4, 0.5) is 15.9 Å². The third-order valence-corrected chi connectivity index (χ3v) is 5.77. The van der Waals surface area contributed by atoms with E-state index >= 15 is 0 Å². The predicted octanol–water partition coefficient (Wildman–Crippen LogP) is 4.26. The van der Waals surface area contributed by atoms with E-state index in [4.69, 9.17) is 9.47 Å². The second-order valence-corrected chi connectivity index (χ2v) is 8.04. The summed E-state index contributed by atoms with van der Waals surface area (Å²) in [6.45, 7) is 4.42. The Kier molecular flexibility index (Phi) is 6.08. The van der Waals surface area contributed by atoms with Crippen LogP contribution in [0.1, 0.15) is 18.4 Å². The Labute approximate surface area is 180 Å². The van der Waals surface area contributed by atoms with Crippen molar-refractivity contribution in [3.63, 3.8) is 0 Å². The summed E-state index contributed by atoms with van der Waals surface area (Å²) in [7, 11) is 3.72. The first-order valence-electron chi connectivity index (χ1n) is 10.3. The molecule has 3 aromatic rings. The molecule has 164 valence electrons. The molecule has 0 radical (unpaired) electrons. The number of anilines is 2. The van der Waals surface area contributed by atoms with Crippen LogP contribution in [0.3, 0.4) is 0 Å². The Bertz CT molecular complexity index is 1080. The normalized spacial score (nSPS) is 15.2. The second kappa shape index (κ2) is 8.93. The summed E-state index contributed by atoms with van der Waals surface area (Å²) in [5.74, 6) is 1.63. The fourth-order valence-corrected chi connectivity index (χ4v) is 3.76. The van der Waals surface area contributed by atoms with Crippen LogP contribution in [0, 0.1) is 18.7 Å². The molecule has 1 aliphatic heterocycles. The van der Waals surface area contributed by atoms with Gasteiger partial charge >= 0.3 is 0 Å². The summed E-state index contributed by atoms with van der Waals surface area (Å²) in [6.07, 6.45) is 3.62. The molecule has 1 saturated heterocycles. The molecule has 7 nitrogen and oxygen atoms in total. The van der Waals surface area contributed by atoms with E-state index < -0.39 is 5.82 Å². The molecule has 31 heavy (non-hydrogen) atoms. The van der Waals surface area contributed by atoms with E-state index in [0.717, 1.165) is 25.9 Å². The van der Waals surface area contributed by atoms with Gasteiger partial charge in [-0.2, -0.15) is 0 Å². The highest BCUT2D eigenvalue weighted by Gasteiger charge is 2.19. The minimum Gasteiger partial charge on any atom is -0.508 e. The molecule has 0 saturated carbocycles. The molecule has 2 heterocycles. The number of hydrogen-bond acceptors (Lipinski definition) is 7. The number of halogens is 1. The lowest BCUT2D eigenvalue weighted by Gasteiger charge is -2.28. The number of aromatic hydroxyl groups is 1. The quantitative estimate of drug-likeness (QED) is 0.610. The molecule has 4 rings (SSSR count). The molecule has 0 amide bonds. The molecule has 0 aliphatic carbocycles.